The van der Waals surface area contributed by atoms with Crippen molar-refractivity contribution in [3.05, 3.63) is 0 Å². The second-order valence-electron chi connectivity index (χ2n) is 4.77. The molecular formula is C10H16O4. The molecule has 80 valence electrons. The lowest BCUT2D eigenvalue weighted by Gasteiger charge is -2.42. The maximum absolute atomic E-state index is 11.3. The van der Waals surface area contributed by atoms with Crippen molar-refractivity contribution < 1.29 is 19.7 Å². The molecule has 0 spiro atoms. The molecule has 2 N–H and O–H groups in total. The number of carboxylic acid groups (broad SMARTS) is 1. The lowest BCUT2D eigenvalue weighted by atomic mass is 9.58. The van der Waals surface area contributed by atoms with Gasteiger partial charge in [-0.25, -0.2) is 0 Å². The Balaban J connectivity index is 2.44. The molecule has 14 heavy (non-hydrogen) atoms. The lowest BCUT2D eigenvalue weighted by molar-refractivity contribution is -0.160. The zero-order chi connectivity index (χ0) is 10.6. The molecule has 0 aliphatic carbocycles. The lowest BCUT2D eigenvalue weighted by Crippen LogP contribution is -2.53. The molecule has 4 atom stereocenters. The average Bonchev–Trinajstić information content (AvgIpc) is 2.69. The zero-order valence-electron chi connectivity index (χ0n) is 8.49. The van der Waals surface area contributed by atoms with Crippen LogP contribution >= 0.6 is 0 Å². The van der Waals surface area contributed by atoms with E-state index < -0.39 is 16.8 Å². The smallest absolute Gasteiger partial charge is 0.312 e. The number of carboxylic acids is 1. The number of aliphatic hydroxyl groups excluding tert-OH is 1. The fourth-order valence-electron chi connectivity index (χ4n) is 2.88. The number of hydrogen-bond acceptors (Lipinski definition) is 3. The molecule has 2 rings (SSSR count). The third-order valence-corrected chi connectivity index (χ3v) is 4.33. The Hall–Kier alpha value is -0.610. The first-order valence-corrected chi connectivity index (χ1v) is 4.96. The quantitative estimate of drug-likeness (QED) is 0.686. The van der Waals surface area contributed by atoms with Gasteiger partial charge >= 0.3 is 5.97 Å². The summed E-state index contributed by atoms with van der Waals surface area (Å²) in [5.74, 6) is -0.860. The van der Waals surface area contributed by atoms with Crippen molar-refractivity contribution in [2.75, 3.05) is 6.61 Å². The molecule has 0 aromatic carbocycles. The third kappa shape index (κ3) is 0.834. The number of aliphatic hydroxyl groups is 1. The third-order valence-electron chi connectivity index (χ3n) is 4.33. The molecule has 2 unspecified atom stereocenters. The van der Waals surface area contributed by atoms with Crippen LogP contribution in [0.3, 0.4) is 0 Å². The van der Waals surface area contributed by atoms with E-state index in [1.165, 1.54) is 0 Å². The van der Waals surface area contributed by atoms with Gasteiger partial charge in [0, 0.05) is 5.41 Å². The highest BCUT2D eigenvalue weighted by molar-refractivity contribution is 5.77. The van der Waals surface area contributed by atoms with Crippen molar-refractivity contribution in [1.82, 2.24) is 0 Å². The summed E-state index contributed by atoms with van der Waals surface area (Å²) in [7, 11) is 0. The monoisotopic (exact) mass is 200 g/mol. The molecule has 0 aromatic heterocycles. The summed E-state index contributed by atoms with van der Waals surface area (Å²) in [6.45, 7) is 3.37. The highest BCUT2D eigenvalue weighted by Gasteiger charge is 2.67. The Bertz CT molecular complexity index is 277. The van der Waals surface area contributed by atoms with Crippen LogP contribution in [0.2, 0.25) is 0 Å². The zero-order valence-corrected chi connectivity index (χ0v) is 8.49. The molecule has 2 aliphatic heterocycles. The Labute approximate surface area is 82.9 Å². The number of aliphatic carboxylic acids is 1. The van der Waals surface area contributed by atoms with Crippen molar-refractivity contribution in [3.63, 3.8) is 0 Å². The Morgan fingerprint density at radius 3 is 2.43 bits per heavy atom. The van der Waals surface area contributed by atoms with Crippen molar-refractivity contribution in [2.45, 2.75) is 38.9 Å². The summed E-state index contributed by atoms with van der Waals surface area (Å²) in [4.78, 5) is 11.3. The van der Waals surface area contributed by atoms with Crippen LogP contribution in [0.4, 0.5) is 0 Å². The molecule has 2 heterocycles. The van der Waals surface area contributed by atoms with Gasteiger partial charge in [-0.2, -0.15) is 0 Å². The molecule has 0 saturated carbocycles. The first kappa shape index (κ1) is 9.93. The van der Waals surface area contributed by atoms with E-state index in [9.17, 15) is 15.0 Å². The van der Waals surface area contributed by atoms with Crippen LogP contribution in [0.15, 0.2) is 0 Å². The van der Waals surface area contributed by atoms with Gasteiger partial charge in [0.05, 0.1) is 18.8 Å². The second kappa shape index (κ2) is 2.70. The Morgan fingerprint density at radius 2 is 2.00 bits per heavy atom. The van der Waals surface area contributed by atoms with Crippen LogP contribution in [0.1, 0.15) is 26.7 Å². The van der Waals surface area contributed by atoms with Crippen molar-refractivity contribution in [3.8, 4) is 0 Å². The number of fused-ring (bicyclic) bond motifs is 2. The number of rotatable bonds is 2. The molecule has 2 fully saturated rings. The summed E-state index contributed by atoms with van der Waals surface area (Å²) in [6.07, 6.45) is 1.33. The topological polar surface area (TPSA) is 66.8 Å². The molecule has 2 aliphatic rings. The van der Waals surface area contributed by atoms with Gasteiger partial charge in [0.15, 0.2) is 0 Å². The maximum Gasteiger partial charge on any atom is 0.312 e. The minimum Gasteiger partial charge on any atom is -0.481 e. The van der Waals surface area contributed by atoms with Crippen molar-refractivity contribution >= 4 is 5.97 Å². The van der Waals surface area contributed by atoms with Crippen molar-refractivity contribution in [1.29, 1.82) is 0 Å². The number of hydrogen-bond donors (Lipinski definition) is 2. The standard InChI is InChI=1S/C10H16O4/c1-9(5-11)6-3-4-7(14-6)10(9,2)8(12)13/h6-7,11H,3-5H2,1-2H3,(H,12,13)/t6?,7?,9-,10-/m0/s1. The largest absolute Gasteiger partial charge is 0.481 e. The van der Waals surface area contributed by atoms with Gasteiger partial charge in [-0.1, -0.05) is 6.92 Å². The molecule has 0 radical (unpaired) electrons. The first-order valence-electron chi connectivity index (χ1n) is 4.96. The van der Waals surface area contributed by atoms with Gasteiger partial charge in [0.2, 0.25) is 0 Å². The second-order valence-corrected chi connectivity index (χ2v) is 4.77. The van der Waals surface area contributed by atoms with Crippen LogP contribution in [-0.2, 0) is 9.53 Å². The molecule has 0 amide bonds. The molecular weight excluding hydrogens is 184 g/mol. The van der Waals surface area contributed by atoms with E-state index in [2.05, 4.69) is 0 Å². The summed E-state index contributed by atoms with van der Waals surface area (Å²) < 4.78 is 5.61. The van der Waals surface area contributed by atoms with Crippen LogP contribution < -0.4 is 0 Å². The predicted molar refractivity (Wildman–Crippen MR) is 48.8 cm³/mol. The Kier molecular flexibility index (Phi) is 1.92. The van der Waals surface area contributed by atoms with E-state index >= 15 is 0 Å². The summed E-state index contributed by atoms with van der Waals surface area (Å²) in [5.41, 5.74) is -1.58. The highest BCUT2D eigenvalue weighted by Crippen LogP contribution is 2.59. The average molecular weight is 200 g/mol. The van der Waals surface area contributed by atoms with Gasteiger partial charge in [-0.05, 0) is 19.8 Å². The summed E-state index contributed by atoms with van der Waals surface area (Å²) >= 11 is 0. The fourth-order valence-corrected chi connectivity index (χ4v) is 2.88. The van der Waals surface area contributed by atoms with E-state index in [0.717, 1.165) is 12.8 Å². The normalized spacial score (nSPS) is 51.1. The number of carbonyl (C=O) groups is 1. The Morgan fingerprint density at radius 1 is 1.43 bits per heavy atom. The van der Waals surface area contributed by atoms with Crippen LogP contribution in [0, 0.1) is 10.8 Å². The van der Waals surface area contributed by atoms with E-state index in [-0.39, 0.29) is 18.8 Å². The minimum atomic E-state index is -0.940. The van der Waals surface area contributed by atoms with E-state index in [1.807, 2.05) is 6.92 Å². The van der Waals surface area contributed by atoms with Crippen molar-refractivity contribution in [2.24, 2.45) is 10.8 Å². The molecule has 0 aromatic rings. The maximum atomic E-state index is 11.3. The minimum absolute atomic E-state index is 0.0985. The molecule has 2 bridgehead atoms. The molecule has 4 nitrogen and oxygen atoms in total. The van der Waals surface area contributed by atoms with Gasteiger partial charge < -0.3 is 14.9 Å². The van der Waals surface area contributed by atoms with Crippen LogP contribution in [0.5, 0.6) is 0 Å². The molecule has 4 heteroatoms. The fraction of sp³-hybridized carbons (Fsp3) is 0.900. The van der Waals surface area contributed by atoms with Crippen LogP contribution in [-0.4, -0.2) is 35.0 Å². The first-order chi connectivity index (χ1) is 6.46. The highest BCUT2D eigenvalue weighted by atomic mass is 16.5. The SMILES string of the molecule is C[C@]1(CO)C2CCC(O2)[C@@]1(C)C(=O)O. The van der Waals surface area contributed by atoms with Gasteiger partial charge in [0.1, 0.15) is 5.41 Å². The van der Waals surface area contributed by atoms with E-state index in [0.29, 0.717) is 0 Å². The predicted octanol–water partition coefficient (Wildman–Crippen LogP) is 0.637. The summed E-state index contributed by atoms with van der Waals surface area (Å²) in [6, 6.07) is 0. The van der Waals surface area contributed by atoms with E-state index in [1.54, 1.807) is 6.92 Å². The van der Waals surface area contributed by atoms with Gasteiger partial charge in [0.25, 0.3) is 0 Å². The summed E-state index contributed by atoms with van der Waals surface area (Å²) in [5, 5.41) is 18.7. The van der Waals surface area contributed by atoms with Gasteiger partial charge in [-0.15, -0.1) is 0 Å². The van der Waals surface area contributed by atoms with E-state index in [4.69, 9.17) is 4.74 Å². The van der Waals surface area contributed by atoms with Crippen LogP contribution in [0.25, 0.3) is 0 Å². The number of ether oxygens (including phenoxy) is 1. The van der Waals surface area contributed by atoms with Gasteiger partial charge in [-0.3, -0.25) is 4.79 Å². The molecule has 2 saturated heterocycles.